The van der Waals surface area contributed by atoms with Gasteiger partial charge in [0.05, 0.1) is 21.2 Å². The number of nitrogens with one attached hydrogen (secondary N) is 1. The van der Waals surface area contributed by atoms with E-state index in [0.29, 0.717) is 23.1 Å². The molecule has 3 rings (SSSR count). The minimum Gasteiger partial charge on any atom is -0.325 e. The minimum atomic E-state index is -3.81. The summed E-state index contributed by atoms with van der Waals surface area (Å²) >= 11 is 1.36. The monoisotopic (exact) mass is 474 g/mol. The maximum absolute atomic E-state index is 13.0. The van der Waals surface area contributed by atoms with E-state index in [1.807, 2.05) is 35.8 Å². The molecular weight excluding hydrogens is 444 g/mol. The first-order valence-corrected chi connectivity index (χ1v) is 13.2. The molecule has 172 valence electrons. The minimum absolute atomic E-state index is 0.0233. The Morgan fingerprint density at radius 1 is 1.19 bits per heavy atom. The molecule has 3 aromatic rings. The van der Waals surface area contributed by atoms with E-state index >= 15 is 0 Å². The molecule has 7 nitrogen and oxygen atoms in total. The number of amides is 1. The summed E-state index contributed by atoms with van der Waals surface area (Å²) in [5.41, 5.74) is 3.31. The van der Waals surface area contributed by atoms with Crippen molar-refractivity contribution in [3.8, 4) is 0 Å². The lowest BCUT2D eigenvalue weighted by molar-refractivity contribution is -0.115. The summed E-state index contributed by atoms with van der Waals surface area (Å²) in [6.07, 6.45) is 1.86. The lowest BCUT2D eigenvalue weighted by Gasteiger charge is -2.18. The number of benzene rings is 2. The number of carbonyl (C=O) groups is 1. The average Bonchev–Trinajstić information content (AvgIpc) is 3.09. The van der Waals surface area contributed by atoms with Crippen molar-refractivity contribution in [3.63, 3.8) is 0 Å². The SMILES string of the molecule is CCCn1c(S[C@H](C)C(=O)Nc2ccccc2[C@@H](C)CC)nc2cc(S(N)(=O)=O)ccc21. The number of sulfonamides is 1. The number of nitrogens with two attached hydrogens (primary N) is 1. The van der Waals surface area contributed by atoms with E-state index in [4.69, 9.17) is 5.14 Å². The van der Waals surface area contributed by atoms with Gasteiger partial charge in [0.25, 0.3) is 0 Å². The molecule has 2 aromatic carbocycles. The van der Waals surface area contributed by atoms with Crippen LogP contribution in [0.25, 0.3) is 11.0 Å². The number of aromatic nitrogens is 2. The van der Waals surface area contributed by atoms with Crippen LogP contribution in [0.5, 0.6) is 0 Å². The quantitative estimate of drug-likeness (QED) is 0.436. The van der Waals surface area contributed by atoms with Crippen LogP contribution >= 0.6 is 11.8 Å². The van der Waals surface area contributed by atoms with Crippen molar-refractivity contribution in [2.75, 3.05) is 5.32 Å². The highest BCUT2D eigenvalue weighted by atomic mass is 32.2. The normalized spacial score (nSPS) is 13.8. The fourth-order valence-electron chi connectivity index (χ4n) is 3.50. The molecule has 9 heteroatoms. The van der Waals surface area contributed by atoms with Crippen LogP contribution in [-0.4, -0.2) is 29.1 Å². The van der Waals surface area contributed by atoms with Crippen molar-refractivity contribution >= 4 is 44.4 Å². The molecule has 0 aliphatic carbocycles. The van der Waals surface area contributed by atoms with Gasteiger partial charge in [-0.15, -0.1) is 0 Å². The molecule has 0 unspecified atom stereocenters. The fourth-order valence-corrected chi connectivity index (χ4v) is 4.98. The third-order valence-corrected chi connectivity index (χ3v) is 7.47. The Labute approximate surface area is 193 Å². The molecule has 0 spiro atoms. The van der Waals surface area contributed by atoms with E-state index < -0.39 is 15.3 Å². The Morgan fingerprint density at radius 2 is 1.91 bits per heavy atom. The maximum atomic E-state index is 13.0. The summed E-state index contributed by atoms with van der Waals surface area (Å²) < 4.78 is 25.5. The fraction of sp³-hybridized carbons (Fsp3) is 0.391. The molecule has 1 heterocycles. The number of para-hydroxylation sites is 1. The standard InChI is InChI=1S/C23H30N4O3S2/c1-5-13-27-21-12-11-17(32(24,29)30)14-20(21)26-23(27)31-16(4)22(28)25-19-10-8-7-9-18(19)15(3)6-2/h7-12,14-16H,5-6,13H2,1-4H3,(H,25,28)(H2,24,29,30)/t15-,16+/m0/s1. The first-order chi connectivity index (χ1) is 15.2. The molecular formula is C23H30N4O3S2. The zero-order chi connectivity index (χ0) is 23.5. The van der Waals surface area contributed by atoms with Crippen molar-refractivity contribution in [1.82, 2.24) is 9.55 Å². The molecule has 0 bridgehead atoms. The van der Waals surface area contributed by atoms with Gasteiger partial charge in [0.1, 0.15) is 0 Å². The Morgan fingerprint density at radius 3 is 2.56 bits per heavy atom. The van der Waals surface area contributed by atoms with Gasteiger partial charge in [0.15, 0.2) is 5.16 Å². The van der Waals surface area contributed by atoms with Crippen LogP contribution < -0.4 is 10.5 Å². The number of nitrogens with zero attached hydrogens (tertiary/aromatic N) is 2. The van der Waals surface area contributed by atoms with Crippen LogP contribution in [0.3, 0.4) is 0 Å². The van der Waals surface area contributed by atoms with Gasteiger partial charge in [-0.25, -0.2) is 18.5 Å². The molecule has 32 heavy (non-hydrogen) atoms. The molecule has 0 aliphatic rings. The average molecular weight is 475 g/mol. The smallest absolute Gasteiger partial charge is 0.238 e. The third-order valence-electron chi connectivity index (χ3n) is 5.47. The number of fused-ring (bicyclic) bond motifs is 1. The van der Waals surface area contributed by atoms with Crippen LogP contribution in [-0.2, 0) is 21.4 Å². The number of primary sulfonamides is 1. The van der Waals surface area contributed by atoms with Crippen molar-refractivity contribution in [3.05, 3.63) is 48.0 Å². The van der Waals surface area contributed by atoms with Crippen molar-refractivity contribution in [2.24, 2.45) is 5.14 Å². The lowest BCUT2D eigenvalue weighted by atomic mass is 9.97. The van der Waals surface area contributed by atoms with Crippen LogP contribution in [0, 0.1) is 0 Å². The number of aryl methyl sites for hydroxylation is 1. The van der Waals surface area contributed by atoms with Gasteiger partial charge < -0.3 is 9.88 Å². The Kier molecular flexibility index (Phi) is 7.63. The van der Waals surface area contributed by atoms with Crippen molar-refractivity contribution in [1.29, 1.82) is 0 Å². The van der Waals surface area contributed by atoms with Gasteiger partial charge in [-0.05, 0) is 55.5 Å². The molecule has 2 atom stereocenters. The zero-order valence-corrected chi connectivity index (χ0v) is 20.5. The first kappa shape index (κ1) is 24.3. The highest BCUT2D eigenvalue weighted by Crippen LogP contribution is 2.31. The largest absolute Gasteiger partial charge is 0.325 e. The number of carbonyl (C=O) groups excluding carboxylic acids is 1. The van der Waals surface area contributed by atoms with Crippen LogP contribution in [0.2, 0.25) is 0 Å². The summed E-state index contributed by atoms with van der Waals surface area (Å²) in [5.74, 6) is 0.238. The van der Waals surface area contributed by atoms with E-state index in [9.17, 15) is 13.2 Å². The lowest BCUT2D eigenvalue weighted by Crippen LogP contribution is -2.23. The number of anilines is 1. The first-order valence-electron chi connectivity index (χ1n) is 10.7. The second-order valence-corrected chi connectivity index (χ2v) is 10.8. The van der Waals surface area contributed by atoms with Crippen LogP contribution in [0.1, 0.15) is 52.0 Å². The number of hydrogen-bond donors (Lipinski definition) is 2. The zero-order valence-electron chi connectivity index (χ0n) is 18.8. The second-order valence-electron chi connectivity index (χ2n) is 7.89. The highest BCUT2D eigenvalue weighted by molar-refractivity contribution is 8.00. The number of hydrogen-bond acceptors (Lipinski definition) is 5. The summed E-state index contributed by atoms with van der Waals surface area (Å²) in [6.45, 7) is 8.88. The molecule has 3 N–H and O–H groups in total. The van der Waals surface area contributed by atoms with Gasteiger partial charge in [-0.1, -0.05) is 50.7 Å². The maximum Gasteiger partial charge on any atom is 0.238 e. The molecule has 0 radical (unpaired) electrons. The predicted molar refractivity (Wildman–Crippen MR) is 130 cm³/mol. The number of thioether (sulfide) groups is 1. The summed E-state index contributed by atoms with van der Waals surface area (Å²) in [4.78, 5) is 17.6. The van der Waals surface area contributed by atoms with Crippen LogP contribution in [0.4, 0.5) is 5.69 Å². The molecule has 1 amide bonds. The number of rotatable bonds is 9. The van der Waals surface area contributed by atoms with Crippen molar-refractivity contribution in [2.45, 2.75) is 68.3 Å². The molecule has 0 saturated carbocycles. The van der Waals surface area contributed by atoms with Gasteiger partial charge in [0.2, 0.25) is 15.9 Å². The Bertz CT molecular complexity index is 1220. The topological polar surface area (TPSA) is 107 Å². The van der Waals surface area contributed by atoms with Gasteiger partial charge in [-0.2, -0.15) is 0 Å². The van der Waals surface area contributed by atoms with E-state index in [1.54, 1.807) is 6.07 Å². The molecule has 1 aromatic heterocycles. The molecule has 0 saturated heterocycles. The Balaban J connectivity index is 1.87. The summed E-state index contributed by atoms with van der Waals surface area (Å²) in [5, 5.41) is 8.61. The third kappa shape index (κ3) is 5.33. The number of imidazole rings is 1. The van der Waals surface area contributed by atoms with Crippen molar-refractivity contribution < 1.29 is 13.2 Å². The summed E-state index contributed by atoms with van der Waals surface area (Å²) in [6, 6.07) is 12.6. The summed E-state index contributed by atoms with van der Waals surface area (Å²) in [7, 11) is -3.81. The van der Waals surface area contributed by atoms with E-state index in [-0.39, 0.29) is 10.8 Å². The van der Waals surface area contributed by atoms with Gasteiger partial charge in [0, 0.05) is 12.2 Å². The van der Waals surface area contributed by atoms with E-state index in [0.717, 1.165) is 29.6 Å². The van der Waals surface area contributed by atoms with Crippen LogP contribution in [0.15, 0.2) is 52.5 Å². The highest BCUT2D eigenvalue weighted by Gasteiger charge is 2.21. The molecule has 0 fully saturated rings. The second kappa shape index (κ2) is 10.1. The Hall–Kier alpha value is -2.36. The van der Waals surface area contributed by atoms with E-state index in [1.165, 1.54) is 23.9 Å². The van der Waals surface area contributed by atoms with E-state index in [2.05, 4.69) is 31.1 Å². The van der Waals surface area contributed by atoms with Gasteiger partial charge in [-0.3, -0.25) is 4.79 Å². The predicted octanol–water partition coefficient (Wildman–Crippen LogP) is 4.73. The molecule has 0 aliphatic heterocycles. The van der Waals surface area contributed by atoms with Gasteiger partial charge >= 0.3 is 0 Å².